The Kier molecular flexibility index (Phi) is 5.97. The van der Waals surface area contributed by atoms with Crippen LogP contribution in [0.4, 0.5) is 10.3 Å². The minimum Gasteiger partial charge on any atom is -0.497 e. The topological polar surface area (TPSA) is 84.8 Å². The monoisotopic (exact) mass is 423 g/mol. The number of hydrogen-bond acceptors (Lipinski definition) is 6. The van der Waals surface area contributed by atoms with Gasteiger partial charge in [0.2, 0.25) is 5.95 Å². The van der Waals surface area contributed by atoms with Gasteiger partial charge in [-0.2, -0.15) is 0 Å². The lowest BCUT2D eigenvalue weighted by Crippen LogP contribution is -2.26. The zero-order valence-corrected chi connectivity index (χ0v) is 17.0. The van der Waals surface area contributed by atoms with Gasteiger partial charge in [0.15, 0.2) is 0 Å². The first-order chi connectivity index (χ1) is 15.0. The number of nitrogens with zero attached hydrogens (tertiary/aromatic N) is 3. The van der Waals surface area contributed by atoms with Gasteiger partial charge in [0, 0.05) is 12.7 Å². The highest BCUT2D eigenvalue weighted by Crippen LogP contribution is 2.35. The zero-order valence-electron chi connectivity index (χ0n) is 17.0. The molecule has 1 aliphatic rings. The SMILES string of the molecule is COc1ccc(C2CCCN2c2ncc(C(=O)O)c(COc3ccc(F)cc3)n2)cc1. The Labute approximate surface area is 179 Å². The minimum atomic E-state index is -1.13. The van der Waals surface area contributed by atoms with Crippen molar-refractivity contribution < 1.29 is 23.8 Å². The Morgan fingerprint density at radius 1 is 1.16 bits per heavy atom. The number of carbonyl (C=O) groups is 1. The van der Waals surface area contributed by atoms with E-state index in [4.69, 9.17) is 9.47 Å². The van der Waals surface area contributed by atoms with E-state index in [0.29, 0.717) is 11.7 Å². The van der Waals surface area contributed by atoms with E-state index in [1.165, 1.54) is 30.5 Å². The molecular formula is C23H22FN3O4. The molecule has 1 saturated heterocycles. The second-order valence-corrected chi connectivity index (χ2v) is 7.20. The molecule has 160 valence electrons. The Morgan fingerprint density at radius 2 is 1.87 bits per heavy atom. The van der Waals surface area contributed by atoms with Gasteiger partial charge in [0.05, 0.1) is 18.8 Å². The van der Waals surface area contributed by atoms with Crippen LogP contribution in [0.3, 0.4) is 0 Å². The molecule has 0 spiro atoms. The van der Waals surface area contributed by atoms with E-state index < -0.39 is 5.97 Å². The second-order valence-electron chi connectivity index (χ2n) is 7.20. The van der Waals surface area contributed by atoms with Gasteiger partial charge >= 0.3 is 5.97 Å². The van der Waals surface area contributed by atoms with E-state index in [0.717, 1.165) is 30.7 Å². The Bertz CT molecular complexity index is 1060. The molecule has 1 aromatic heterocycles. The highest BCUT2D eigenvalue weighted by Gasteiger charge is 2.29. The molecule has 3 aromatic rings. The lowest BCUT2D eigenvalue weighted by Gasteiger charge is -2.25. The van der Waals surface area contributed by atoms with Crippen LogP contribution in [0.2, 0.25) is 0 Å². The molecule has 1 unspecified atom stereocenters. The summed E-state index contributed by atoms with van der Waals surface area (Å²) in [6, 6.07) is 13.5. The number of methoxy groups -OCH3 is 1. The maximum absolute atomic E-state index is 13.1. The van der Waals surface area contributed by atoms with Crippen LogP contribution >= 0.6 is 0 Å². The molecule has 0 amide bonds. The molecule has 8 heteroatoms. The van der Waals surface area contributed by atoms with Crippen LogP contribution in [0.5, 0.6) is 11.5 Å². The van der Waals surface area contributed by atoms with Crippen LogP contribution in [0.25, 0.3) is 0 Å². The summed E-state index contributed by atoms with van der Waals surface area (Å²) in [5.41, 5.74) is 1.36. The summed E-state index contributed by atoms with van der Waals surface area (Å²) < 4.78 is 24.0. The molecule has 0 radical (unpaired) electrons. The quantitative estimate of drug-likeness (QED) is 0.608. The average molecular weight is 423 g/mol. The number of aromatic carboxylic acids is 1. The first-order valence-electron chi connectivity index (χ1n) is 9.93. The van der Waals surface area contributed by atoms with Crippen LogP contribution in [0.15, 0.2) is 54.7 Å². The fraction of sp³-hybridized carbons (Fsp3) is 0.261. The molecule has 1 fully saturated rings. The fourth-order valence-corrected chi connectivity index (χ4v) is 3.69. The van der Waals surface area contributed by atoms with Gasteiger partial charge in [-0.15, -0.1) is 0 Å². The van der Waals surface area contributed by atoms with Crippen molar-refractivity contribution in [1.29, 1.82) is 0 Å². The second kappa shape index (κ2) is 8.99. The number of anilines is 1. The van der Waals surface area contributed by atoms with E-state index in [1.807, 2.05) is 24.3 Å². The highest BCUT2D eigenvalue weighted by molar-refractivity contribution is 5.88. The van der Waals surface area contributed by atoms with Crippen molar-refractivity contribution in [2.24, 2.45) is 0 Å². The fourth-order valence-electron chi connectivity index (χ4n) is 3.69. The maximum atomic E-state index is 13.1. The third kappa shape index (κ3) is 4.58. The van der Waals surface area contributed by atoms with E-state index in [2.05, 4.69) is 14.9 Å². The molecule has 1 atom stereocenters. The number of carboxylic acid groups (broad SMARTS) is 1. The summed E-state index contributed by atoms with van der Waals surface area (Å²) in [6.07, 6.45) is 3.23. The maximum Gasteiger partial charge on any atom is 0.339 e. The number of rotatable bonds is 7. The molecule has 1 aliphatic heterocycles. The van der Waals surface area contributed by atoms with Crippen molar-refractivity contribution in [3.8, 4) is 11.5 Å². The smallest absolute Gasteiger partial charge is 0.339 e. The lowest BCUT2D eigenvalue weighted by molar-refractivity contribution is 0.0692. The van der Waals surface area contributed by atoms with Gasteiger partial charge in [-0.25, -0.2) is 19.2 Å². The average Bonchev–Trinajstić information content (AvgIpc) is 3.28. The number of aromatic nitrogens is 2. The van der Waals surface area contributed by atoms with Crippen molar-refractivity contribution in [2.45, 2.75) is 25.5 Å². The normalized spacial score (nSPS) is 15.7. The van der Waals surface area contributed by atoms with E-state index in [-0.39, 0.29) is 29.7 Å². The molecular weight excluding hydrogens is 401 g/mol. The molecule has 0 saturated carbocycles. The van der Waals surface area contributed by atoms with Crippen molar-refractivity contribution in [2.75, 3.05) is 18.6 Å². The number of halogens is 1. The molecule has 0 bridgehead atoms. The molecule has 2 aromatic carbocycles. The predicted octanol–water partition coefficient (Wildman–Crippen LogP) is 4.24. The largest absolute Gasteiger partial charge is 0.497 e. The van der Waals surface area contributed by atoms with E-state index in [9.17, 15) is 14.3 Å². The molecule has 1 N–H and O–H groups in total. The number of ether oxygens (including phenoxy) is 2. The third-order valence-corrected chi connectivity index (χ3v) is 5.28. The van der Waals surface area contributed by atoms with Crippen molar-refractivity contribution in [3.05, 3.63) is 77.4 Å². The van der Waals surface area contributed by atoms with Gasteiger partial charge in [-0.05, 0) is 54.8 Å². The first kappa shape index (κ1) is 20.6. The summed E-state index contributed by atoms with van der Waals surface area (Å²) in [6.45, 7) is 0.700. The standard InChI is InChI=1S/C23H22FN3O4/c1-30-17-8-4-15(5-9-17)21-3-2-12-27(21)23-25-13-19(22(28)29)20(26-23)14-31-18-10-6-16(24)7-11-18/h4-11,13,21H,2-3,12,14H2,1H3,(H,28,29). The Balaban J connectivity index is 1.59. The van der Waals surface area contributed by atoms with Gasteiger partial charge in [0.25, 0.3) is 0 Å². The van der Waals surface area contributed by atoms with Crippen molar-refractivity contribution in [1.82, 2.24) is 9.97 Å². The molecule has 4 rings (SSSR count). The van der Waals surface area contributed by atoms with Gasteiger partial charge < -0.3 is 19.5 Å². The predicted molar refractivity (Wildman–Crippen MR) is 112 cm³/mol. The van der Waals surface area contributed by atoms with Crippen LogP contribution in [-0.2, 0) is 6.61 Å². The van der Waals surface area contributed by atoms with E-state index >= 15 is 0 Å². The van der Waals surface area contributed by atoms with Crippen molar-refractivity contribution in [3.63, 3.8) is 0 Å². The van der Waals surface area contributed by atoms with Crippen LogP contribution in [0.1, 0.15) is 40.5 Å². The zero-order chi connectivity index (χ0) is 21.8. The lowest BCUT2D eigenvalue weighted by atomic mass is 10.0. The highest BCUT2D eigenvalue weighted by atomic mass is 19.1. The van der Waals surface area contributed by atoms with Crippen LogP contribution in [0, 0.1) is 5.82 Å². The van der Waals surface area contributed by atoms with Gasteiger partial charge in [-0.1, -0.05) is 12.1 Å². The molecule has 0 aliphatic carbocycles. The first-order valence-corrected chi connectivity index (χ1v) is 9.93. The van der Waals surface area contributed by atoms with E-state index in [1.54, 1.807) is 7.11 Å². The number of benzene rings is 2. The number of carboxylic acids is 1. The van der Waals surface area contributed by atoms with Crippen molar-refractivity contribution >= 4 is 11.9 Å². The Morgan fingerprint density at radius 3 is 2.55 bits per heavy atom. The summed E-state index contributed by atoms with van der Waals surface area (Å²) >= 11 is 0. The Hall–Kier alpha value is -3.68. The summed E-state index contributed by atoms with van der Waals surface area (Å²) in [7, 11) is 1.63. The molecule has 31 heavy (non-hydrogen) atoms. The third-order valence-electron chi connectivity index (χ3n) is 5.28. The van der Waals surface area contributed by atoms with Gasteiger partial charge in [0.1, 0.15) is 29.5 Å². The number of hydrogen-bond donors (Lipinski definition) is 1. The van der Waals surface area contributed by atoms with Crippen LogP contribution in [-0.4, -0.2) is 34.7 Å². The summed E-state index contributed by atoms with van der Waals surface area (Å²) in [4.78, 5) is 22.6. The minimum absolute atomic E-state index is 0.0222. The molecule has 7 nitrogen and oxygen atoms in total. The summed E-state index contributed by atoms with van der Waals surface area (Å²) in [5, 5.41) is 9.52. The van der Waals surface area contributed by atoms with Crippen LogP contribution < -0.4 is 14.4 Å². The summed E-state index contributed by atoms with van der Waals surface area (Å²) in [5.74, 6) is 0.172. The van der Waals surface area contributed by atoms with Gasteiger partial charge in [-0.3, -0.25) is 0 Å². The molecule has 2 heterocycles.